The zero-order valence-corrected chi connectivity index (χ0v) is 25.1. The third-order valence-corrected chi connectivity index (χ3v) is 6.86. The first kappa shape index (κ1) is 38.3. The highest BCUT2D eigenvalue weighted by Crippen LogP contribution is 2.14. The first-order valence-electron chi connectivity index (χ1n) is 14.1. The van der Waals surface area contributed by atoms with E-state index in [4.69, 9.17) is 15.9 Å². The van der Waals surface area contributed by atoms with E-state index in [9.17, 15) is 48.9 Å². The number of nitrogens with one attached hydrogen (secondary N) is 4. The second-order valence-electron chi connectivity index (χ2n) is 10.6. The van der Waals surface area contributed by atoms with Crippen molar-refractivity contribution in [1.29, 1.82) is 0 Å². The Kier molecular flexibility index (Phi) is 15.4. The van der Waals surface area contributed by atoms with Gasteiger partial charge in [-0.3, -0.25) is 28.8 Å². The monoisotopic (exact) mass is 639 g/mol. The average molecular weight is 640 g/mol. The summed E-state index contributed by atoms with van der Waals surface area (Å²) in [7, 11) is 0. The molecule has 0 bridgehead atoms. The third-order valence-electron chi connectivity index (χ3n) is 6.86. The SMILES string of the molecule is CC[C@H](C)[C@H](NC(=O)[C@@H](N)CC(=O)O)C(=O)N[C@@H](Cc1ccc(O)cc1)C(=O)N[C@@H](CCC(=O)O)C(=O)N[C@H](C(=O)O)[C@@H](C)O. The first-order valence-corrected chi connectivity index (χ1v) is 14.1. The van der Waals surface area contributed by atoms with Crippen LogP contribution in [0.4, 0.5) is 0 Å². The molecule has 0 aliphatic rings. The van der Waals surface area contributed by atoms with Gasteiger partial charge in [-0.25, -0.2) is 4.79 Å². The van der Waals surface area contributed by atoms with Gasteiger partial charge in [0, 0.05) is 12.8 Å². The number of benzene rings is 1. The molecular formula is C28H41N5O12. The van der Waals surface area contributed by atoms with E-state index in [2.05, 4.69) is 21.3 Å². The summed E-state index contributed by atoms with van der Waals surface area (Å²) < 4.78 is 0. The van der Waals surface area contributed by atoms with E-state index >= 15 is 0 Å². The molecule has 1 rings (SSSR count). The lowest BCUT2D eigenvalue weighted by molar-refractivity contribution is -0.145. The van der Waals surface area contributed by atoms with E-state index in [0.29, 0.717) is 12.0 Å². The van der Waals surface area contributed by atoms with Crippen LogP contribution in [0.5, 0.6) is 5.75 Å². The van der Waals surface area contributed by atoms with Gasteiger partial charge in [0.25, 0.3) is 0 Å². The van der Waals surface area contributed by atoms with Crippen LogP contribution in [0.3, 0.4) is 0 Å². The maximum atomic E-state index is 13.5. The molecule has 0 fully saturated rings. The summed E-state index contributed by atoms with van der Waals surface area (Å²) >= 11 is 0. The van der Waals surface area contributed by atoms with E-state index in [1.54, 1.807) is 13.8 Å². The maximum absolute atomic E-state index is 13.5. The Morgan fingerprint density at radius 1 is 0.756 bits per heavy atom. The molecule has 1 aromatic rings. The number of carboxylic acids is 3. The Labute approximate surface area is 258 Å². The molecule has 1 aromatic carbocycles. The van der Waals surface area contributed by atoms with Crippen LogP contribution < -0.4 is 27.0 Å². The highest BCUT2D eigenvalue weighted by Gasteiger charge is 2.34. The molecule has 0 saturated carbocycles. The average Bonchev–Trinajstić information content (AvgIpc) is 2.95. The van der Waals surface area contributed by atoms with Gasteiger partial charge in [0.05, 0.1) is 18.6 Å². The topological polar surface area (TPSA) is 295 Å². The van der Waals surface area contributed by atoms with Gasteiger partial charge >= 0.3 is 17.9 Å². The maximum Gasteiger partial charge on any atom is 0.328 e. The van der Waals surface area contributed by atoms with Gasteiger partial charge in [0.15, 0.2) is 6.04 Å². The van der Waals surface area contributed by atoms with Gasteiger partial charge in [-0.05, 0) is 37.0 Å². The summed E-state index contributed by atoms with van der Waals surface area (Å²) in [6, 6.07) is -2.02. The highest BCUT2D eigenvalue weighted by atomic mass is 16.4. The number of phenols is 1. The number of aliphatic hydroxyl groups excluding tert-OH is 1. The smallest absolute Gasteiger partial charge is 0.328 e. The summed E-state index contributed by atoms with van der Waals surface area (Å²) in [5.74, 6) is -8.72. The normalized spacial score (nSPS) is 15.6. The molecular weight excluding hydrogens is 598 g/mol. The van der Waals surface area contributed by atoms with Crippen LogP contribution in [0.15, 0.2) is 24.3 Å². The van der Waals surface area contributed by atoms with Crippen molar-refractivity contribution in [2.24, 2.45) is 11.7 Å². The van der Waals surface area contributed by atoms with Crippen LogP contribution in [-0.4, -0.2) is 103 Å². The number of carbonyl (C=O) groups is 7. The molecule has 17 heteroatoms. The molecule has 0 saturated heterocycles. The molecule has 0 aromatic heterocycles. The van der Waals surface area contributed by atoms with E-state index in [1.165, 1.54) is 24.3 Å². The number of aliphatic carboxylic acids is 3. The lowest BCUT2D eigenvalue weighted by atomic mass is 9.96. The van der Waals surface area contributed by atoms with Crippen molar-refractivity contribution in [2.75, 3.05) is 0 Å². The van der Waals surface area contributed by atoms with Crippen molar-refractivity contribution in [3.8, 4) is 5.75 Å². The van der Waals surface area contributed by atoms with Crippen molar-refractivity contribution < 1.29 is 59.1 Å². The van der Waals surface area contributed by atoms with Gasteiger partial charge in [-0.15, -0.1) is 0 Å². The van der Waals surface area contributed by atoms with Crippen LogP contribution >= 0.6 is 0 Å². The summed E-state index contributed by atoms with van der Waals surface area (Å²) in [4.78, 5) is 86.2. The Hall–Kier alpha value is -4.77. The van der Waals surface area contributed by atoms with Gasteiger partial charge in [-0.1, -0.05) is 32.4 Å². The summed E-state index contributed by atoms with van der Waals surface area (Å²) in [6.45, 7) is 4.45. The molecule has 4 amide bonds. The van der Waals surface area contributed by atoms with E-state index in [0.717, 1.165) is 6.92 Å². The van der Waals surface area contributed by atoms with Crippen molar-refractivity contribution in [1.82, 2.24) is 21.3 Å². The van der Waals surface area contributed by atoms with Crippen LogP contribution in [0, 0.1) is 5.92 Å². The largest absolute Gasteiger partial charge is 0.508 e. The molecule has 0 heterocycles. The minimum absolute atomic E-state index is 0.0856. The van der Waals surface area contributed by atoms with Crippen LogP contribution in [0.25, 0.3) is 0 Å². The van der Waals surface area contributed by atoms with Crippen molar-refractivity contribution in [3.05, 3.63) is 29.8 Å². The third kappa shape index (κ3) is 13.2. The molecule has 17 nitrogen and oxygen atoms in total. The second kappa shape index (κ2) is 18.1. The number of aromatic hydroxyl groups is 1. The molecule has 250 valence electrons. The number of carboxylic acid groups (broad SMARTS) is 3. The molecule has 11 N–H and O–H groups in total. The summed E-state index contributed by atoms with van der Waals surface area (Å²) in [5, 5.41) is 56.1. The van der Waals surface area contributed by atoms with Crippen molar-refractivity contribution in [2.45, 2.75) is 89.2 Å². The fourth-order valence-corrected chi connectivity index (χ4v) is 4.03. The predicted octanol–water partition coefficient (Wildman–Crippen LogP) is -1.95. The van der Waals surface area contributed by atoms with Gasteiger partial charge < -0.3 is 52.5 Å². The molecule has 45 heavy (non-hydrogen) atoms. The number of phenolic OH excluding ortho intramolecular Hbond substituents is 1. The number of rotatable bonds is 19. The second-order valence-corrected chi connectivity index (χ2v) is 10.6. The molecule has 0 aliphatic carbocycles. The standard InChI is InChI=1S/C28H41N5O12/c1-4-13(2)22(32-24(40)17(29)12-21(38)39)27(43)31-19(11-15-5-7-16(35)8-6-15)26(42)30-18(9-10-20(36)37)25(41)33-23(14(3)34)28(44)45/h5-8,13-14,17-19,22-23,34-35H,4,9-12,29H2,1-3H3,(H,30,42)(H,31,43)(H,32,40)(H,33,41)(H,36,37)(H,38,39)(H,44,45)/t13-,14+,17-,18-,19-,22-,23-/m0/s1. The van der Waals surface area contributed by atoms with Gasteiger partial charge in [0.2, 0.25) is 23.6 Å². The number of amides is 4. The quantitative estimate of drug-likeness (QED) is 0.0788. The van der Waals surface area contributed by atoms with Crippen LogP contribution in [0.2, 0.25) is 0 Å². The Balaban J connectivity index is 3.37. The Morgan fingerprint density at radius 3 is 1.78 bits per heavy atom. The van der Waals surface area contributed by atoms with E-state index in [1.807, 2.05) is 0 Å². The molecule has 0 spiro atoms. The van der Waals surface area contributed by atoms with Gasteiger partial charge in [0.1, 0.15) is 23.9 Å². The lowest BCUT2D eigenvalue weighted by Crippen LogP contribution is -2.60. The minimum Gasteiger partial charge on any atom is -0.508 e. The number of aliphatic hydroxyl groups is 1. The van der Waals surface area contributed by atoms with Crippen LogP contribution in [0.1, 0.15) is 52.0 Å². The van der Waals surface area contributed by atoms with Crippen molar-refractivity contribution in [3.63, 3.8) is 0 Å². The fourth-order valence-electron chi connectivity index (χ4n) is 4.03. The number of nitrogens with two attached hydrogens (primary N) is 1. The molecule has 0 radical (unpaired) electrons. The van der Waals surface area contributed by atoms with Crippen molar-refractivity contribution >= 4 is 41.5 Å². The van der Waals surface area contributed by atoms with Gasteiger partial charge in [-0.2, -0.15) is 0 Å². The number of carbonyl (C=O) groups excluding carboxylic acids is 4. The first-order chi connectivity index (χ1) is 21.0. The lowest BCUT2D eigenvalue weighted by Gasteiger charge is -2.28. The Bertz CT molecular complexity index is 1220. The molecule has 0 aliphatic heterocycles. The predicted molar refractivity (Wildman–Crippen MR) is 155 cm³/mol. The highest BCUT2D eigenvalue weighted by molar-refractivity contribution is 5.96. The molecule has 7 atom stereocenters. The number of hydrogen-bond donors (Lipinski definition) is 10. The molecule has 0 unspecified atom stereocenters. The zero-order valence-electron chi connectivity index (χ0n) is 25.1. The van der Waals surface area contributed by atoms with Crippen LogP contribution in [-0.2, 0) is 40.0 Å². The minimum atomic E-state index is -1.78. The fraction of sp³-hybridized carbons (Fsp3) is 0.536. The zero-order chi connectivity index (χ0) is 34.4. The summed E-state index contributed by atoms with van der Waals surface area (Å²) in [6.07, 6.45) is -3.18. The van der Waals surface area contributed by atoms with E-state index in [-0.39, 0.29) is 12.2 Å². The Morgan fingerprint density at radius 2 is 1.29 bits per heavy atom. The number of hydrogen-bond acceptors (Lipinski definition) is 10. The summed E-state index contributed by atoms with van der Waals surface area (Å²) in [5.41, 5.74) is 6.07. The van der Waals surface area contributed by atoms with E-state index < -0.39 is 103 Å².